The zero-order chi connectivity index (χ0) is 15.6. The van der Waals surface area contributed by atoms with Crippen LogP contribution < -0.4 is 4.74 Å². The molecule has 0 atom stereocenters. The number of ether oxygens (including phenoxy) is 3. The summed E-state index contributed by atoms with van der Waals surface area (Å²) in [6.07, 6.45) is 3.82. The van der Waals surface area contributed by atoms with E-state index in [2.05, 4.69) is 19.9 Å². The maximum Gasteiger partial charge on any atom is 0.168 e. The lowest BCUT2D eigenvalue weighted by atomic mass is 9.88. The molecule has 0 N–H and O–H groups in total. The number of hydrogen-bond donors (Lipinski definition) is 0. The molecule has 1 spiro atoms. The molecular weight excluding hydrogens is 278 g/mol. The molecule has 2 aliphatic rings. The van der Waals surface area contributed by atoms with Crippen LogP contribution in [0.1, 0.15) is 45.1 Å². The fraction of sp³-hybridized carbons (Fsp3) is 0.611. The van der Waals surface area contributed by atoms with E-state index >= 15 is 0 Å². The van der Waals surface area contributed by atoms with Crippen molar-refractivity contribution in [1.82, 2.24) is 0 Å². The quantitative estimate of drug-likeness (QED) is 0.836. The Morgan fingerprint density at radius 2 is 1.68 bits per heavy atom. The first-order valence-corrected chi connectivity index (χ1v) is 7.95. The number of rotatable bonds is 2. The van der Waals surface area contributed by atoms with Gasteiger partial charge in [0.05, 0.1) is 31.0 Å². The van der Waals surface area contributed by atoms with Gasteiger partial charge in [-0.15, -0.1) is 0 Å². The molecular formula is C18H23NO3. The van der Waals surface area contributed by atoms with Crippen molar-refractivity contribution in [2.45, 2.75) is 51.4 Å². The Balaban J connectivity index is 1.52. The molecule has 0 radical (unpaired) electrons. The SMILES string of the molecule is CC1(C)COC2(CCC(Oc3ccc(C#N)cc3)CC2)OC1. The molecule has 0 aromatic heterocycles. The Hall–Kier alpha value is -1.57. The number of nitriles is 1. The monoisotopic (exact) mass is 301 g/mol. The van der Waals surface area contributed by atoms with Crippen LogP contribution in [-0.4, -0.2) is 25.1 Å². The average molecular weight is 301 g/mol. The van der Waals surface area contributed by atoms with Crippen LogP contribution in [0.4, 0.5) is 0 Å². The van der Waals surface area contributed by atoms with E-state index in [-0.39, 0.29) is 17.3 Å². The van der Waals surface area contributed by atoms with E-state index in [1.807, 2.05) is 12.1 Å². The minimum Gasteiger partial charge on any atom is -0.490 e. The van der Waals surface area contributed by atoms with Crippen molar-refractivity contribution < 1.29 is 14.2 Å². The summed E-state index contributed by atoms with van der Waals surface area (Å²) in [5, 5.41) is 8.81. The first-order valence-electron chi connectivity index (χ1n) is 7.95. The summed E-state index contributed by atoms with van der Waals surface area (Å²) in [4.78, 5) is 0. The van der Waals surface area contributed by atoms with Gasteiger partial charge in [0.25, 0.3) is 0 Å². The van der Waals surface area contributed by atoms with Crippen molar-refractivity contribution in [2.24, 2.45) is 5.41 Å². The summed E-state index contributed by atoms with van der Waals surface area (Å²) in [5.41, 5.74) is 0.766. The smallest absolute Gasteiger partial charge is 0.168 e. The Morgan fingerprint density at radius 1 is 1.09 bits per heavy atom. The standard InChI is InChI=1S/C18H23NO3/c1-17(2)12-20-18(21-13-17)9-7-16(8-10-18)22-15-5-3-14(11-19)4-6-15/h3-6,16H,7-10,12-13H2,1-2H3. The minimum absolute atomic E-state index is 0.112. The zero-order valence-corrected chi connectivity index (χ0v) is 13.3. The Bertz CT molecular complexity index is 539. The van der Waals surface area contributed by atoms with E-state index in [0.717, 1.165) is 44.6 Å². The molecule has 0 unspecified atom stereocenters. The fourth-order valence-corrected chi connectivity index (χ4v) is 2.98. The van der Waals surface area contributed by atoms with Crippen LogP contribution in [-0.2, 0) is 9.47 Å². The largest absolute Gasteiger partial charge is 0.490 e. The van der Waals surface area contributed by atoms with Crippen LogP contribution in [0.3, 0.4) is 0 Å². The molecule has 0 amide bonds. The lowest BCUT2D eigenvalue weighted by molar-refractivity contribution is -0.313. The summed E-state index contributed by atoms with van der Waals surface area (Å²) >= 11 is 0. The predicted octanol–water partition coefficient (Wildman–Crippen LogP) is 3.65. The average Bonchev–Trinajstić information content (AvgIpc) is 2.54. The van der Waals surface area contributed by atoms with Gasteiger partial charge in [-0.25, -0.2) is 0 Å². The molecule has 2 fully saturated rings. The molecule has 3 rings (SSSR count). The van der Waals surface area contributed by atoms with E-state index in [4.69, 9.17) is 19.5 Å². The second kappa shape index (κ2) is 5.91. The molecule has 4 nitrogen and oxygen atoms in total. The van der Waals surface area contributed by atoms with Crippen molar-refractivity contribution in [1.29, 1.82) is 5.26 Å². The highest BCUT2D eigenvalue weighted by molar-refractivity contribution is 5.34. The van der Waals surface area contributed by atoms with Crippen LogP contribution in [0.5, 0.6) is 5.75 Å². The van der Waals surface area contributed by atoms with Crippen LogP contribution >= 0.6 is 0 Å². The summed E-state index contributed by atoms with van der Waals surface area (Å²) in [6.45, 7) is 5.85. The van der Waals surface area contributed by atoms with Crippen molar-refractivity contribution >= 4 is 0 Å². The van der Waals surface area contributed by atoms with Gasteiger partial charge in [0, 0.05) is 18.3 Å². The molecule has 1 aromatic rings. The van der Waals surface area contributed by atoms with Gasteiger partial charge < -0.3 is 14.2 Å². The molecule has 118 valence electrons. The van der Waals surface area contributed by atoms with E-state index in [1.54, 1.807) is 12.1 Å². The molecule has 1 heterocycles. The number of hydrogen-bond acceptors (Lipinski definition) is 4. The van der Waals surface area contributed by atoms with Gasteiger partial charge in [0.2, 0.25) is 0 Å². The van der Waals surface area contributed by atoms with Crippen LogP contribution in [0.25, 0.3) is 0 Å². The topological polar surface area (TPSA) is 51.5 Å². The van der Waals surface area contributed by atoms with Crippen molar-refractivity contribution in [3.05, 3.63) is 29.8 Å². The Kier molecular flexibility index (Phi) is 4.12. The summed E-state index contributed by atoms with van der Waals surface area (Å²) in [6, 6.07) is 9.41. The molecule has 1 aliphatic heterocycles. The third-order valence-electron chi connectivity index (χ3n) is 4.43. The highest BCUT2D eigenvalue weighted by Crippen LogP contribution is 2.40. The van der Waals surface area contributed by atoms with E-state index < -0.39 is 0 Å². The molecule has 1 saturated carbocycles. The van der Waals surface area contributed by atoms with E-state index in [1.165, 1.54) is 0 Å². The van der Waals surface area contributed by atoms with Crippen LogP contribution in [0.2, 0.25) is 0 Å². The fourth-order valence-electron chi connectivity index (χ4n) is 2.98. The van der Waals surface area contributed by atoms with Gasteiger partial charge in [0.15, 0.2) is 5.79 Å². The van der Waals surface area contributed by atoms with Gasteiger partial charge in [-0.3, -0.25) is 0 Å². The normalized spacial score (nSPS) is 23.9. The first-order chi connectivity index (χ1) is 10.5. The second-order valence-corrected chi connectivity index (χ2v) is 7.11. The third kappa shape index (κ3) is 3.43. The minimum atomic E-state index is -0.389. The van der Waals surface area contributed by atoms with Gasteiger partial charge in [0.1, 0.15) is 5.75 Å². The van der Waals surface area contributed by atoms with Crippen molar-refractivity contribution in [2.75, 3.05) is 13.2 Å². The van der Waals surface area contributed by atoms with Gasteiger partial charge in [-0.1, -0.05) is 13.8 Å². The third-order valence-corrected chi connectivity index (χ3v) is 4.43. The van der Waals surface area contributed by atoms with Gasteiger partial charge in [-0.2, -0.15) is 5.26 Å². The van der Waals surface area contributed by atoms with Crippen LogP contribution in [0.15, 0.2) is 24.3 Å². The number of benzene rings is 1. The van der Waals surface area contributed by atoms with Gasteiger partial charge in [-0.05, 0) is 37.1 Å². The number of nitrogens with zero attached hydrogens (tertiary/aromatic N) is 1. The lowest BCUT2D eigenvalue weighted by Crippen LogP contribution is -2.50. The van der Waals surface area contributed by atoms with Crippen LogP contribution in [0, 0.1) is 16.7 Å². The summed E-state index contributed by atoms with van der Waals surface area (Å²) in [5.74, 6) is 0.437. The van der Waals surface area contributed by atoms with E-state index in [9.17, 15) is 0 Å². The maximum atomic E-state index is 8.81. The zero-order valence-electron chi connectivity index (χ0n) is 13.3. The van der Waals surface area contributed by atoms with Crippen molar-refractivity contribution in [3.8, 4) is 11.8 Å². The molecule has 4 heteroatoms. The maximum absolute atomic E-state index is 8.81. The molecule has 1 aromatic carbocycles. The van der Waals surface area contributed by atoms with Gasteiger partial charge >= 0.3 is 0 Å². The molecule has 1 aliphatic carbocycles. The molecule has 0 bridgehead atoms. The second-order valence-electron chi connectivity index (χ2n) is 7.11. The van der Waals surface area contributed by atoms with Crippen molar-refractivity contribution in [3.63, 3.8) is 0 Å². The molecule has 1 saturated heterocycles. The lowest BCUT2D eigenvalue weighted by Gasteiger charge is -2.46. The summed E-state index contributed by atoms with van der Waals surface area (Å²) in [7, 11) is 0. The highest BCUT2D eigenvalue weighted by Gasteiger charge is 2.43. The first kappa shape index (κ1) is 15.3. The van der Waals surface area contributed by atoms with E-state index in [0.29, 0.717) is 5.56 Å². The Morgan fingerprint density at radius 3 is 2.23 bits per heavy atom. The summed E-state index contributed by atoms with van der Waals surface area (Å²) < 4.78 is 18.1. The molecule has 22 heavy (non-hydrogen) atoms. The Labute approximate surface area is 132 Å². The highest BCUT2D eigenvalue weighted by atomic mass is 16.7. The predicted molar refractivity (Wildman–Crippen MR) is 82.5 cm³/mol.